The predicted octanol–water partition coefficient (Wildman–Crippen LogP) is 3.23. The highest BCUT2D eigenvalue weighted by molar-refractivity contribution is 7.99. The number of carbonyl (C=O) groups excluding carboxylic acids is 2. The Labute approximate surface area is 213 Å². The molecular formula is C26H29N5O4S. The molecule has 3 aliphatic rings. The first-order valence-corrected chi connectivity index (χ1v) is 13.1. The van der Waals surface area contributed by atoms with Crippen molar-refractivity contribution in [3.8, 4) is 0 Å². The molecule has 2 aliphatic heterocycles. The third-order valence-corrected chi connectivity index (χ3v) is 8.14. The predicted molar refractivity (Wildman–Crippen MR) is 139 cm³/mol. The van der Waals surface area contributed by atoms with Gasteiger partial charge >= 0.3 is 0 Å². The van der Waals surface area contributed by atoms with Crippen molar-refractivity contribution in [2.24, 2.45) is 5.92 Å². The molecule has 0 saturated carbocycles. The second-order valence-electron chi connectivity index (χ2n) is 9.57. The molecule has 0 bridgehead atoms. The fourth-order valence-electron chi connectivity index (χ4n) is 5.24. The van der Waals surface area contributed by atoms with Crippen molar-refractivity contribution in [3.63, 3.8) is 0 Å². The minimum absolute atomic E-state index is 0.0536. The summed E-state index contributed by atoms with van der Waals surface area (Å²) < 4.78 is 0. The van der Waals surface area contributed by atoms with Crippen LogP contribution in [0.2, 0.25) is 0 Å². The fourth-order valence-corrected chi connectivity index (χ4v) is 6.23. The largest absolute Gasteiger partial charge is 0.378 e. The summed E-state index contributed by atoms with van der Waals surface area (Å²) in [6.07, 6.45) is 1.79. The molecule has 188 valence electrons. The molecule has 5 rings (SSSR count). The average Bonchev–Trinajstić information content (AvgIpc) is 2.86. The summed E-state index contributed by atoms with van der Waals surface area (Å²) in [4.78, 5) is 39.0. The van der Waals surface area contributed by atoms with Gasteiger partial charge < -0.3 is 15.5 Å². The molecule has 1 saturated heterocycles. The minimum atomic E-state index is -0.466. The highest BCUT2D eigenvalue weighted by Gasteiger charge is 2.49. The van der Waals surface area contributed by atoms with Gasteiger partial charge in [0.1, 0.15) is 5.50 Å². The van der Waals surface area contributed by atoms with Crippen LogP contribution < -0.4 is 20.9 Å². The number of hydrogen-bond acceptors (Lipinski definition) is 8. The van der Waals surface area contributed by atoms with Crippen molar-refractivity contribution in [1.82, 2.24) is 16.0 Å². The van der Waals surface area contributed by atoms with Crippen LogP contribution in [0.25, 0.3) is 0 Å². The summed E-state index contributed by atoms with van der Waals surface area (Å²) in [5, 5.41) is 21.0. The summed E-state index contributed by atoms with van der Waals surface area (Å²) in [5.41, 5.74) is 4.36. The van der Waals surface area contributed by atoms with Crippen molar-refractivity contribution >= 4 is 34.8 Å². The molecule has 10 heteroatoms. The van der Waals surface area contributed by atoms with E-state index in [2.05, 4.69) is 16.0 Å². The summed E-state index contributed by atoms with van der Waals surface area (Å²) in [6.45, 7) is 0. The van der Waals surface area contributed by atoms with E-state index >= 15 is 0 Å². The van der Waals surface area contributed by atoms with E-state index in [0.29, 0.717) is 12.2 Å². The number of nitro groups is 1. The second kappa shape index (κ2) is 9.94. The molecule has 0 spiro atoms. The number of benzene rings is 2. The average molecular weight is 508 g/mol. The number of allylic oxidation sites excluding steroid dienone is 2. The second-order valence-corrected chi connectivity index (χ2v) is 10.7. The van der Waals surface area contributed by atoms with Gasteiger partial charge in [0.2, 0.25) is 5.91 Å². The molecule has 0 radical (unpaired) electrons. The molecular weight excluding hydrogens is 478 g/mol. The lowest BCUT2D eigenvalue weighted by atomic mass is 9.70. The molecule has 2 heterocycles. The van der Waals surface area contributed by atoms with Crippen molar-refractivity contribution in [2.45, 2.75) is 42.6 Å². The minimum Gasteiger partial charge on any atom is -0.378 e. The summed E-state index contributed by atoms with van der Waals surface area (Å²) in [6, 6.07) is 14.5. The molecule has 3 N–H and O–H groups in total. The van der Waals surface area contributed by atoms with E-state index in [9.17, 15) is 19.7 Å². The van der Waals surface area contributed by atoms with Gasteiger partial charge in [-0.3, -0.25) is 25.0 Å². The number of nitrogens with one attached hydrogen (secondary N) is 3. The van der Waals surface area contributed by atoms with Gasteiger partial charge in [0, 0.05) is 61.3 Å². The van der Waals surface area contributed by atoms with Crippen LogP contribution in [0.3, 0.4) is 0 Å². The molecule has 0 aromatic heterocycles. The maximum Gasteiger partial charge on any atom is 0.269 e. The number of nitrogens with zero attached hydrogens (tertiary/aromatic N) is 2. The smallest absolute Gasteiger partial charge is 0.269 e. The van der Waals surface area contributed by atoms with E-state index in [-0.39, 0.29) is 35.0 Å². The number of anilines is 1. The first-order chi connectivity index (χ1) is 17.3. The summed E-state index contributed by atoms with van der Waals surface area (Å²) >= 11 is 1.51. The van der Waals surface area contributed by atoms with Crippen LogP contribution >= 0.6 is 11.8 Å². The molecule has 1 fully saturated rings. The number of thioether (sulfide) groups is 1. The lowest BCUT2D eigenvalue weighted by molar-refractivity contribution is -0.384. The van der Waals surface area contributed by atoms with E-state index in [0.717, 1.165) is 40.9 Å². The monoisotopic (exact) mass is 507 g/mol. The Kier molecular flexibility index (Phi) is 6.72. The van der Waals surface area contributed by atoms with Gasteiger partial charge in [-0.25, -0.2) is 0 Å². The number of nitro benzene ring substituents is 1. The zero-order chi connectivity index (χ0) is 25.4. The zero-order valence-electron chi connectivity index (χ0n) is 20.2. The van der Waals surface area contributed by atoms with Gasteiger partial charge in [-0.15, -0.1) is 11.8 Å². The van der Waals surface area contributed by atoms with Crippen LogP contribution in [0, 0.1) is 16.0 Å². The number of Topliss-reactive ketones (excluding diaryl/α,β-unsaturated/α-hetero) is 1. The lowest BCUT2D eigenvalue weighted by Crippen LogP contribution is -2.67. The molecule has 9 nitrogen and oxygen atoms in total. The molecule has 4 atom stereocenters. The van der Waals surface area contributed by atoms with Crippen molar-refractivity contribution in [1.29, 1.82) is 0 Å². The molecule has 1 aliphatic carbocycles. The first-order valence-electron chi connectivity index (χ1n) is 12.0. The van der Waals surface area contributed by atoms with Crippen LogP contribution in [-0.4, -0.2) is 42.4 Å². The third-order valence-electron chi connectivity index (χ3n) is 7.05. The third kappa shape index (κ3) is 4.70. The van der Waals surface area contributed by atoms with Crippen LogP contribution in [0.4, 0.5) is 11.4 Å². The number of rotatable bonds is 6. The summed E-state index contributed by atoms with van der Waals surface area (Å²) in [7, 11) is 3.96. The fraction of sp³-hybridized carbons (Fsp3) is 0.385. The SMILES string of the molecule is CN(C)c1ccc(C2C3=C(CCCC3=O)NC3NC(SCc4ccc([N+](=O)[O-])cc4)NC(=O)C32)cc1. The Bertz CT molecular complexity index is 1210. The number of non-ortho nitro benzene ring substituents is 1. The number of ketones is 1. The van der Waals surface area contributed by atoms with Gasteiger partial charge in [-0.1, -0.05) is 24.3 Å². The standard InChI is InChI=1S/C26H29N5O4S/c1-30(2)17-12-8-16(9-13-17)21-22-19(4-3-5-20(22)32)27-24-23(21)25(33)29-26(28-24)36-14-15-6-10-18(11-7-15)31(34)35/h6-13,21,23-24,26-28H,3-5,14H2,1-2H3,(H,29,33). The highest BCUT2D eigenvalue weighted by Crippen LogP contribution is 2.44. The topological polar surface area (TPSA) is 117 Å². The van der Waals surface area contributed by atoms with E-state index in [1.165, 1.54) is 23.9 Å². The first kappa shape index (κ1) is 24.3. The van der Waals surface area contributed by atoms with Gasteiger partial charge in [-0.05, 0) is 36.1 Å². The number of carbonyl (C=O) groups is 2. The Balaban J connectivity index is 1.38. The number of fused-ring (bicyclic) bond motifs is 1. The van der Waals surface area contributed by atoms with Gasteiger partial charge in [0.25, 0.3) is 5.69 Å². The normalized spacial score (nSPS) is 25.4. The van der Waals surface area contributed by atoms with Crippen molar-refractivity contribution in [2.75, 3.05) is 19.0 Å². The van der Waals surface area contributed by atoms with E-state index in [1.807, 2.05) is 43.3 Å². The van der Waals surface area contributed by atoms with Crippen molar-refractivity contribution in [3.05, 3.63) is 81.0 Å². The molecule has 1 amide bonds. The molecule has 2 aromatic rings. The van der Waals surface area contributed by atoms with Gasteiger partial charge in [0.15, 0.2) is 5.78 Å². The van der Waals surface area contributed by atoms with E-state index < -0.39 is 10.8 Å². The maximum absolute atomic E-state index is 13.5. The Morgan fingerprint density at radius 2 is 1.75 bits per heavy atom. The van der Waals surface area contributed by atoms with Crippen molar-refractivity contribution < 1.29 is 14.5 Å². The Morgan fingerprint density at radius 1 is 1.03 bits per heavy atom. The molecule has 36 heavy (non-hydrogen) atoms. The van der Waals surface area contributed by atoms with Crippen LogP contribution in [0.1, 0.15) is 36.3 Å². The van der Waals surface area contributed by atoms with E-state index in [4.69, 9.17) is 0 Å². The van der Waals surface area contributed by atoms with E-state index in [1.54, 1.807) is 12.1 Å². The Hall–Kier alpha value is -3.37. The zero-order valence-corrected chi connectivity index (χ0v) is 21.0. The van der Waals surface area contributed by atoms with Crippen LogP contribution in [0.5, 0.6) is 0 Å². The highest BCUT2D eigenvalue weighted by atomic mass is 32.2. The van der Waals surface area contributed by atoms with Gasteiger partial charge in [0.05, 0.1) is 17.0 Å². The number of amides is 1. The summed E-state index contributed by atoms with van der Waals surface area (Å²) in [5.74, 6) is -0.184. The maximum atomic E-state index is 13.5. The van der Waals surface area contributed by atoms with Crippen LogP contribution in [-0.2, 0) is 15.3 Å². The molecule has 4 unspecified atom stereocenters. The molecule has 2 aromatic carbocycles. The lowest BCUT2D eigenvalue weighted by Gasteiger charge is -2.47. The van der Waals surface area contributed by atoms with Gasteiger partial charge in [-0.2, -0.15) is 0 Å². The quantitative estimate of drug-likeness (QED) is 0.403. The number of hydrogen-bond donors (Lipinski definition) is 3. The Morgan fingerprint density at radius 3 is 2.42 bits per heavy atom. The van der Waals surface area contributed by atoms with Crippen LogP contribution in [0.15, 0.2) is 59.8 Å².